The Morgan fingerprint density at radius 3 is 2.87 bits per heavy atom. The molecule has 0 aromatic carbocycles. The largest absolute Gasteiger partial charge is 0.313 e. The van der Waals surface area contributed by atoms with Gasteiger partial charge >= 0.3 is 0 Å². The Bertz CT molecular complexity index is 353. The average molecular weight is 206 g/mol. The molecule has 4 heteroatoms. The fourth-order valence-corrected chi connectivity index (χ4v) is 2.27. The molecule has 1 aromatic rings. The predicted molar refractivity (Wildman–Crippen MR) is 57.4 cm³/mol. The monoisotopic (exact) mass is 206 g/mol. The third kappa shape index (κ3) is 1.78. The highest BCUT2D eigenvalue weighted by molar-refractivity contribution is 5.01. The number of hydrogen-bond acceptors (Lipinski definition) is 3. The summed E-state index contributed by atoms with van der Waals surface area (Å²) in [7, 11) is 0. The zero-order chi connectivity index (χ0) is 10.3. The molecule has 1 fully saturated rings. The molecule has 0 atom stereocenters. The topological polar surface area (TPSA) is 34.0 Å². The van der Waals surface area contributed by atoms with E-state index >= 15 is 0 Å². The molecule has 1 aromatic heterocycles. The molecule has 4 nitrogen and oxygen atoms in total. The maximum Gasteiger partial charge on any atom is 0.147 e. The Kier molecular flexibility index (Phi) is 2.24. The van der Waals surface area contributed by atoms with E-state index < -0.39 is 0 Å². The molecular weight excluding hydrogens is 188 g/mol. The average Bonchev–Trinajstić information content (AvgIpc) is 2.99. The van der Waals surface area contributed by atoms with E-state index in [0.717, 1.165) is 38.5 Å². The molecule has 2 aliphatic rings. The molecule has 0 N–H and O–H groups in total. The van der Waals surface area contributed by atoms with Gasteiger partial charge in [-0.1, -0.05) is 6.92 Å². The van der Waals surface area contributed by atoms with Crippen LogP contribution < -0.4 is 0 Å². The molecule has 1 saturated carbocycles. The van der Waals surface area contributed by atoms with Gasteiger partial charge in [0.2, 0.25) is 0 Å². The standard InChI is InChI=1S/C11H18N4/c1-2-14-5-6-15-10(7-9-3-4-9)12-13-11(15)8-14/h9H,2-8H2,1H3. The molecule has 0 unspecified atom stereocenters. The number of hydrogen-bond donors (Lipinski definition) is 0. The van der Waals surface area contributed by atoms with Crippen LogP contribution in [0.4, 0.5) is 0 Å². The Hall–Kier alpha value is -0.900. The summed E-state index contributed by atoms with van der Waals surface area (Å²) in [5, 5.41) is 8.64. The van der Waals surface area contributed by atoms with Gasteiger partial charge in [-0.25, -0.2) is 0 Å². The van der Waals surface area contributed by atoms with Crippen molar-refractivity contribution in [3.05, 3.63) is 11.6 Å². The van der Waals surface area contributed by atoms with E-state index in [9.17, 15) is 0 Å². The van der Waals surface area contributed by atoms with Crippen LogP contribution in [0.15, 0.2) is 0 Å². The molecule has 2 heterocycles. The normalized spacial score (nSPS) is 21.7. The van der Waals surface area contributed by atoms with Crippen LogP contribution in [0, 0.1) is 5.92 Å². The van der Waals surface area contributed by atoms with Crippen molar-refractivity contribution in [1.29, 1.82) is 0 Å². The van der Waals surface area contributed by atoms with E-state index in [-0.39, 0.29) is 0 Å². The maximum atomic E-state index is 4.33. The van der Waals surface area contributed by atoms with Gasteiger partial charge in [-0.05, 0) is 25.3 Å². The lowest BCUT2D eigenvalue weighted by Gasteiger charge is -2.26. The summed E-state index contributed by atoms with van der Waals surface area (Å²) in [4.78, 5) is 2.42. The minimum atomic E-state index is 0.905. The van der Waals surface area contributed by atoms with Crippen molar-refractivity contribution in [2.24, 2.45) is 5.92 Å². The lowest BCUT2D eigenvalue weighted by molar-refractivity contribution is 0.226. The number of nitrogens with zero attached hydrogens (tertiary/aromatic N) is 4. The van der Waals surface area contributed by atoms with Crippen LogP contribution in [0.25, 0.3) is 0 Å². The van der Waals surface area contributed by atoms with Gasteiger partial charge in [-0.3, -0.25) is 4.90 Å². The lowest BCUT2D eigenvalue weighted by atomic mass is 10.2. The summed E-state index contributed by atoms with van der Waals surface area (Å²) >= 11 is 0. The highest BCUT2D eigenvalue weighted by Gasteiger charge is 2.26. The highest BCUT2D eigenvalue weighted by atomic mass is 15.3. The summed E-state index contributed by atoms with van der Waals surface area (Å²) in [6.07, 6.45) is 3.94. The molecule has 0 spiro atoms. The summed E-state index contributed by atoms with van der Waals surface area (Å²) in [5.74, 6) is 3.30. The van der Waals surface area contributed by atoms with E-state index in [0.29, 0.717) is 0 Å². The Labute approximate surface area is 90.3 Å². The van der Waals surface area contributed by atoms with Gasteiger partial charge in [0, 0.05) is 19.5 Å². The zero-order valence-electron chi connectivity index (χ0n) is 9.32. The van der Waals surface area contributed by atoms with Crippen molar-refractivity contribution < 1.29 is 0 Å². The molecule has 15 heavy (non-hydrogen) atoms. The highest BCUT2D eigenvalue weighted by Crippen LogP contribution is 2.32. The SMILES string of the molecule is CCN1CCn2c(CC3CC3)nnc2C1. The summed E-state index contributed by atoms with van der Waals surface area (Å²) in [6.45, 7) is 6.54. The van der Waals surface area contributed by atoms with Gasteiger partial charge in [0.05, 0.1) is 6.54 Å². The van der Waals surface area contributed by atoms with Crippen LogP contribution in [0.5, 0.6) is 0 Å². The molecule has 0 radical (unpaired) electrons. The molecule has 3 rings (SSSR count). The van der Waals surface area contributed by atoms with Crippen molar-refractivity contribution in [2.45, 2.75) is 39.3 Å². The maximum absolute atomic E-state index is 4.33. The fourth-order valence-electron chi connectivity index (χ4n) is 2.27. The van der Waals surface area contributed by atoms with Crippen LogP contribution in [0.1, 0.15) is 31.4 Å². The van der Waals surface area contributed by atoms with Gasteiger partial charge in [0.1, 0.15) is 11.6 Å². The van der Waals surface area contributed by atoms with Gasteiger partial charge < -0.3 is 4.57 Å². The van der Waals surface area contributed by atoms with Crippen molar-refractivity contribution in [2.75, 3.05) is 13.1 Å². The Morgan fingerprint density at radius 2 is 2.13 bits per heavy atom. The minimum absolute atomic E-state index is 0.905. The molecule has 1 aliphatic heterocycles. The molecule has 82 valence electrons. The van der Waals surface area contributed by atoms with E-state index in [1.165, 1.54) is 24.5 Å². The first-order chi connectivity index (χ1) is 7.36. The lowest BCUT2D eigenvalue weighted by Crippen LogP contribution is -2.34. The molecule has 0 bridgehead atoms. The fraction of sp³-hybridized carbons (Fsp3) is 0.818. The molecule has 1 aliphatic carbocycles. The smallest absolute Gasteiger partial charge is 0.147 e. The third-order valence-corrected chi connectivity index (χ3v) is 3.52. The van der Waals surface area contributed by atoms with Crippen molar-refractivity contribution >= 4 is 0 Å². The van der Waals surface area contributed by atoms with E-state index in [1.54, 1.807) is 0 Å². The second-order valence-corrected chi connectivity index (χ2v) is 4.70. The summed E-state index contributed by atoms with van der Waals surface area (Å²) in [5.41, 5.74) is 0. The van der Waals surface area contributed by atoms with Crippen molar-refractivity contribution in [1.82, 2.24) is 19.7 Å². The van der Waals surface area contributed by atoms with E-state index in [2.05, 4.69) is 26.6 Å². The molecule has 0 amide bonds. The number of likely N-dealkylation sites (N-methyl/N-ethyl adjacent to an activating group) is 1. The number of rotatable bonds is 3. The Morgan fingerprint density at radius 1 is 1.27 bits per heavy atom. The van der Waals surface area contributed by atoms with Crippen LogP contribution >= 0.6 is 0 Å². The number of fused-ring (bicyclic) bond motifs is 1. The first-order valence-electron chi connectivity index (χ1n) is 6.00. The zero-order valence-corrected chi connectivity index (χ0v) is 9.32. The van der Waals surface area contributed by atoms with Gasteiger partial charge in [-0.15, -0.1) is 10.2 Å². The van der Waals surface area contributed by atoms with Crippen LogP contribution in [-0.2, 0) is 19.5 Å². The second kappa shape index (κ2) is 3.59. The quantitative estimate of drug-likeness (QED) is 0.741. The summed E-state index contributed by atoms with van der Waals surface area (Å²) in [6, 6.07) is 0. The van der Waals surface area contributed by atoms with Gasteiger partial charge in [0.15, 0.2) is 0 Å². The molecular formula is C11H18N4. The minimum Gasteiger partial charge on any atom is -0.313 e. The Balaban J connectivity index is 1.78. The van der Waals surface area contributed by atoms with E-state index in [1.807, 2.05) is 0 Å². The first kappa shape index (κ1) is 9.33. The second-order valence-electron chi connectivity index (χ2n) is 4.70. The van der Waals surface area contributed by atoms with Crippen LogP contribution in [0.3, 0.4) is 0 Å². The van der Waals surface area contributed by atoms with Crippen molar-refractivity contribution in [3.63, 3.8) is 0 Å². The summed E-state index contributed by atoms with van der Waals surface area (Å²) < 4.78 is 2.34. The van der Waals surface area contributed by atoms with E-state index in [4.69, 9.17) is 0 Å². The number of aromatic nitrogens is 3. The van der Waals surface area contributed by atoms with Gasteiger partial charge in [0.25, 0.3) is 0 Å². The van der Waals surface area contributed by atoms with Crippen LogP contribution in [0.2, 0.25) is 0 Å². The molecule has 0 saturated heterocycles. The van der Waals surface area contributed by atoms with Crippen LogP contribution in [-0.4, -0.2) is 32.8 Å². The van der Waals surface area contributed by atoms with Gasteiger partial charge in [-0.2, -0.15) is 0 Å². The first-order valence-corrected chi connectivity index (χ1v) is 6.00. The predicted octanol–water partition coefficient (Wildman–Crippen LogP) is 1.07. The van der Waals surface area contributed by atoms with Crippen molar-refractivity contribution in [3.8, 4) is 0 Å². The third-order valence-electron chi connectivity index (χ3n) is 3.52.